The lowest BCUT2D eigenvalue weighted by atomic mass is 10.1. The van der Waals surface area contributed by atoms with Crippen LogP contribution in [0.3, 0.4) is 0 Å². The Morgan fingerprint density at radius 1 is 1.22 bits per heavy atom. The van der Waals surface area contributed by atoms with E-state index in [1.54, 1.807) is 37.7 Å². The maximum absolute atomic E-state index is 12.5. The number of hydrogen-bond donors (Lipinski definition) is 2. The summed E-state index contributed by atoms with van der Waals surface area (Å²) in [6.45, 7) is 4.75. The molecule has 0 radical (unpaired) electrons. The second-order valence-corrected chi connectivity index (χ2v) is 8.94. The summed E-state index contributed by atoms with van der Waals surface area (Å²) in [5.74, 6) is -0.112. The molecule has 0 aliphatic carbocycles. The monoisotopic (exact) mass is 394 g/mol. The molecule has 2 rings (SSSR count). The molecule has 2 aromatic rings. The first-order valence-electron chi connectivity index (χ1n) is 8.66. The highest BCUT2D eigenvalue weighted by atomic mass is 32.2. The minimum absolute atomic E-state index is 0.112. The summed E-state index contributed by atoms with van der Waals surface area (Å²) >= 11 is 0. The van der Waals surface area contributed by atoms with Crippen molar-refractivity contribution in [1.29, 1.82) is 0 Å². The number of nitrogens with zero attached hydrogens (tertiary/aromatic N) is 3. The lowest BCUT2D eigenvalue weighted by molar-refractivity contribution is -0.917. The summed E-state index contributed by atoms with van der Waals surface area (Å²) in [7, 11) is 3.14. The molecule has 1 atom stereocenters. The van der Waals surface area contributed by atoms with Gasteiger partial charge in [-0.1, -0.05) is 12.1 Å². The van der Waals surface area contributed by atoms with Crippen LogP contribution < -0.4 is 10.2 Å². The van der Waals surface area contributed by atoms with Crippen molar-refractivity contribution < 1.29 is 18.1 Å². The molecule has 148 valence electrons. The van der Waals surface area contributed by atoms with Crippen LogP contribution in [0.25, 0.3) is 0 Å². The quantitative estimate of drug-likeness (QED) is 0.680. The van der Waals surface area contributed by atoms with E-state index in [0.717, 1.165) is 17.0 Å². The highest BCUT2D eigenvalue weighted by Gasteiger charge is 2.27. The van der Waals surface area contributed by atoms with E-state index in [0.29, 0.717) is 23.6 Å². The SMILES string of the molecule is CNC(=O)c1ccc(C[NH+](C)Cn2nc(C)c(S(=O)(=O)N(C)C)c2C)cc1. The third-order valence-corrected chi connectivity index (χ3v) is 6.49. The van der Waals surface area contributed by atoms with Crippen LogP contribution in [0.15, 0.2) is 29.2 Å². The fourth-order valence-corrected chi connectivity index (χ4v) is 4.23. The molecule has 0 bridgehead atoms. The van der Waals surface area contributed by atoms with Crippen molar-refractivity contribution in [1.82, 2.24) is 19.4 Å². The molecule has 1 aromatic carbocycles. The van der Waals surface area contributed by atoms with Crippen molar-refractivity contribution in [2.75, 3.05) is 28.2 Å². The van der Waals surface area contributed by atoms with E-state index in [1.807, 2.05) is 19.2 Å². The number of carbonyl (C=O) groups excluding carboxylic acids is 1. The van der Waals surface area contributed by atoms with Gasteiger partial charge in [0.2, 0.25) is 10.0 Å². The number of sulfonamides is 1. The number of amides is 1. The Bertz CT molecular complexity index is 917. The van der Waals surface area contributed by atoms with Gasteiger partial charge in [0.05, 0.1) is 18.4 Å². The predicted octanol–water partition coefficient (Wildman–Crippen LogP) is -0.218. The fraction of sp³-hybridized carbons (Fsp3) is 0.444. The summed E-state index contributed by atoms with van der Waals surface area (Å²) < 4.78 is 28.0. The van der Waals surface area contributed by atoms with E-state index < -0.39 is 10.0 Å². The molecule has 0 saturated heterocycles. The van der Waals surface area contributed by atoms with E-state index in [4.69, 9.17) is 0 Å². The smallest absolute Gasteiger partial charge is 0.251 e. The molecule has 9 heteroatoms. The van der Waals surface area contributed by atoms with Crippen LogP contribution in [-0.4, -0.2) is 56.6 Å². The molecule has 2 N–H and O–H groups in total. The van der Waals surface area contributed by atoms with Gasteiger partial charge in [0.25, 0.3) is 5.91 Å². The molecule has 1 unspecified atom stereocenters. The number of carbonyl (C=O) groups is 1. The molecule has 1 heterocycles. The Kier molecular flexibility index (Phi) is 6.40. The third kappa shape index (κ3) is 4.55. The summed E-state index contributed by atoms with van der Waals surface area (Å²) in [6.07, 6.45) is 0. The number of rotatable bonds is 7. The Balaban J connectivity index is 2.15. The Morgan fingerprint density at radius 2 is 1.81 bits per heavy atom. The van der Waals surface area contributed by atoms with Crippen molar-refractivity contribution in [3.05, 3.63) is 46.8 Å². The van der Waals surface area contributed by atoms with Gasteiger partial charge in [0.1, 0.15) is 11.4 Å². The number of aromatic nitrogens is 2. The molecule has 1 aromatic heterocycles. The normalized spacial score (nSPS) is 13.0. The minimum Gasteiger partial charge on any atom is -0.355 e. The Hall–Kier alpha value is -2.23. The zero-order chi connectivity index (χ0) is 20.4. The zero-order valence-corrected chi connectivity index (χ0v) is 17.5. The van der Waals surface area contributed by atoms with Gasteiger partial charge >= 0.3 is 0 Å². The van der Waals surface area contributed by atoms with Gasteiger partial charge in [0.15, 0.2) is 6.67 Å². The van der Waals surface area contributed by atoms with Crippen LogP contribution in [0.1, 0.15) is 27.3 Å². The van der Waals surface area contributed by atoms with Crippen molar-refractivity contribution in [2.45, 2.75) is 32.0 Å². The summed E-state index contributed by atoms with van der Waals surface area (Å²) in [6, 6.07) is 7.45. The van der Waals surface area contributed by atoms with Crippen molar-refractivity contribution in [2.24, 2.45) is 0 Å². The van der Waals surface area contributed by atoms with Gasteiger partial charge in [0, 0.05) is 32.3 Å². The average molecular weight is 395 g/mol. The molecular formula is C18H28N5O3S+. The topological polar surface area (TPSA) is 88.7 Å². The van der Waals surface area contributed by atoms with Crippen molar-refractivity contribution >= 4 is 15.9 Å². The van der Waals surface area contributed by atoms with E-state index in [9.17, 15) is 13.2 Å². The molecule has 0 saturated carbocycles. The second kappa shape index (κ2) is 8.20. The maximum atomic E-state index is 12.5. The number of nitrogens with one attached hydrogen (secondary N) is 2. The lowest BCUT2D eigenvalue weighted by Crippen LogP contribution is -3.07. The standard InChI is InChI=1S/C18H27N5O3S/c1-13-17(27(25,26)21(4)5)14(2)23(20-13)12-22(6)11-15-7-9-16(10-8-15)18(24)19-3/h7-10H,11-12H2,1-6H3,(H,19,24)/p+1. The first kappa shape index (κ1) is 21.1. The molecule has 0 spiro atoms. The molecular weight excluding hydrogens is 366 g/mol. The highest BCUT2D eigenvalue weighted by molar-refractivity contribution is 7.89. The van der Waals surface area contributed by atoms with Crippen molar-refractivity contribution in [3.8, 4) is 0 Å². The van der Waals surface area contributed by atoms with Crippen LogP contribution in [0.5, 0.6) is 0 Å². The lowest BCUT2D eigenvalue weighted by Gasteiger charge is -2.16. The second-order valence-electron chi connectivity index (χ2n) is 6.85. The number of quaternary nitrogens is 1. The third-order valence-electron chi connectivity index (χ3n) is 4.42. The van der Waals surface area contributed by atoms with Gasteiger partial charge in [-0.3, -0.25) is 4.79 Å². The molecule has 1 amide bonds. The van der Waals surface area contributed by atoms with Gasteiger partial charge in [-0.2, -0.15) is 5.10 Å². The maximum Gasteiger partial charge on any atom is 0.251 e. The fourth-order valence-electron chi connectivity index (χ4n) is 2.97. The zero-order valence-electron chi connectivity index (χ0n) is 16.7. The summed E-state index contributed by atoms with van der Waals surface area (Å²) in [4.78, 5) is 13.0. The molecule has 8 nitrogen and oxygen atoms in total. The van der Waals surface area contributed by atoms with E-state index in [2.05, 4.69) is 10.4 Å². The average Bonchev–Trinajstić information content (AvgIpc) is 2.88. The van der Waals surface area contributed by atoms with Crippen LogP contribution in [0.2, 0.25) is 0 Å². The molecule has 0 aliphatic rings. The minimum atomic E-state index is -3.52. The molecule has 0 aliphatic heterocycles. The predicted molar refractivity (Wildman–Crippen MR) is 103 cm³/mol. The number of benzene rings is 1. The first-order chi connectivity index (χ1) is 12.6. The van der Waals surface area contributed by atoms with Gasteiger partial charge in [-0.05, 0) is 26.0 Å². The van der Waals surface area contributed by atoms with E-state index >= 15 is 0 Å². The molecule has 27 heavy (non-hydrogen) atoms. The van der Waals surface area contributed by atoms with Crippen LogP contribution in [-0.2, 0) is 23.2 Å². The Labute approximate surface area is 160 Å². The number of hydrogen-bond acceptors (Lipinski definition) is 4. The molecule has 0 fully saturated rings. The highest BCUT2D eigenvalue weighted by Crippen LogP contribution is 2.21. The first-order valence-corrected chi connectivity index (χ1v) is 10.1. The van der Waals surface area contributed by atoms with Crippen LogP contribution >= 0.6 is 0 Å². The van der Waals surface area contributed by atoms with E-state index in [-0.39, 0.29) is 10.8 Å². The van der Waals surface area contributed by atoms with Crippen LogP contribution in [0, 0.1) is 13.8 Å². The summed E-state index contributed by atoms with van der Waals surface area (Å²) in [5, 5.41) is 7.03. The van der Waals surface area contributed by atoms with Gasteiger partial charge in [-0.15, -0.1) is 0 Å². The Morgan fingerprint density at radius 3 is 2.33 bits per heavy atom. The van der Waals surface area contributed by atoms with Gasteiger partial charge < -0.3 is 10.2 Å². The van der Waals surface area contributed by atoms with Gasteiger partial charge in [-0.25, -0.2) is 17.4 Å². The largest absolute Gasteiger partial charge is 0.355 e. The number of aryl methyl sites for hydroxylation is 1. The van der Waals surface area contributed by atoms with Crippen LogP contribution in [0.4, 0.5) is 0 Å². The summed E-state index contributed by atoms with van der Waals surface area (Å²) in [5.41, 5.74) is 2.85. The van der Waals surface area contributed by atoms with Crippen molar-refractivity contribution in [3.63, 3.8) is 0 Å². The van der Waals surface area contributed by atoms with E-state index in [1.165, 1.54) is 18.4 Å².